The fraction of sp³-hybridized carbons (Fsp3) is 0.222. The lowest BCUT2D eigenvalue weighted by Crippen LogP contribution is -1.96. The molecule has 1 aromatic heterocycles. The summed E-state index contributed by atoms with van der Waals surface area (Å²) in [4.78, 5) is 10.9. The molecule has 2 heterocycles. The summed E-state index contributed by atoms with van der Waals surface area (Å²) in [5.74, 6) is 0.360. The lowest BCUT2D eigenvalue weighted by molar-refractivity contribution is -0.139. The van der Waals surface area contributed by atoms with Crippen molar-refractivity contribution in [1.82, 2.24) is 0 Å². The number of carbonyl (C=O) groups excluding carboxylic acids is 1. The van der Waals surface area contributed by atoms with Crippen LogP contribution in [0.5, 0.6) is 0 Å². The van der Waals surface area contributed by atoms with Gasteiger partial charge in [0.15, 0.2) is 6.10 Å². The molecule has 0 amide bonds. The second kappa shape index (κ2) is 2.52. The molecule has 0 aromatic carbocycles. The highest BCUT2D eigenvalue weighted by Gasteiger charge is 2.30. The highest BCUT2D eigenvalue weighted by Crippen LogP contribution is 2.31. The molecule has 3 heteroatoms. The van der Waals surface area contributed by atoms with Gasteiger partial charge in [-0.15, -0.1) is 0 Å². The Morgan fingerprint density at radius 1 is 1.58 bits per heavy atom. The van der Waals surface area contributed by atoms with Gasteiger partial charge in [-0.05, 0) is 12.1 Å². The molecule has 0 saturated carbocycles. The van der Waals surface area contributed by atoms with Crippen molar-refractivity contribution < 1.29 is 13.9 Å². The largest absolute Gasteiger partial charge is 0.465 e. The Balaban J connectivity index is 2.19. The van der Waals surface area contributed by atoms with Crippen LogP contribution in [0.3, 0.4) is 0 Å². The minimum Gasteiger partial charge on any atom is -0.465 e. The monoisotopic (exact) mass is 164 g/mol. The van der Waals surface area contributed by atoms with Crippen molar-refractivity contribution in [1.29, 1.82) is 0 Å². The van der Waals surface area contributed by atoms with Gasteiger partial charge < -0.3 is 9.15 Å². The maximum Gasteiger partial charge on any atom is 0.334 e. The average Bonchev–Trinajstić information content (AvgIpc) is 2.61. The lowest BCUT2D eigenvalue weighted by atomic mass is 10.1. The van der Waals surface area contributed by atoms with Gasteiger partial charge in [0.05, 0.1) is 6.26 Å². The Bertz CT molecular complexity index is 295. The molecule has 0 bridgehead atoms. The van der Waals surface area contributed by atoms with E-state index in [4.69, 9.17) is 9.15 Å². The number of carbonyl (C=O) groups is 1. The van der Waals surface area contributed by atoms with Crippen LogP contribution in [-0.2, 0) is 9.53 Å². The Kier molecular flexibility index (Phi) is 1.50. The first-order valence-electron chi connectivity index (χ1n) is 3.69. The van der Waals surface area contributed by atoms with Crippen LogP contribution < -0.4 is 0 Å². The van der Waals surface area contributed by atoms with Crippen LogP contribution in [0.25, 0.3) is 0 Å². The number of hydrogen-bond donors (Lipinski definition) is 0. The Labute approximate surface area is 69.6 Å². The van der Waals surface area contributed by atoms with Crippen LogP contribution in [-0.4, -0.2) is 5.97 Å². The number of ether oxygens (including phenoxy) is 1. The fourth-order valence-corrected chi connectivity index (χ4v) is 1.19. The number of rotatable bonds is 1. The predicted molar refractivity (Wildman–Crippen MR) is 41.3 cm³/mol. The smallest absolute Gasteiger partial charge is 0.334 e. The Hall–Kier alpha value is -1.51. The first-order valence-corrected chi connectivity index (χ1v) is 3.69. The van der Waals surface area contributed by atoms with E-state index >= 15 is 0 Å². The number of furan rings is 1. The summed E-state index contributed by atoms with van der Waals surface area (Å²) >= 11 is 0. The molecule has 1 fully saturated rings. The first kappa shape index (κ1) is 7.16. The molecule has 2 rings (SSSR count). The number of esters is 1. The maximum absolute atomic E-state index is 10.9. The van der Waals surface area contributed by atoms with Gasteiger partial charge in [-0.3, -0.25) is 0 Å². The van der Waals surface area contributed by atoms with Gasteiger partial charge in [-0.25, -0.2) is 4.79 Å². The second-order valence-electron chi connectivity index (χ2n) is 2.72. The zero-order valence-electron chi connectivity index (χ0n) is 6.45. The molecule has 0 spiro atoms. The standard InChI is InChI=1S/C9H8O3/c1-6-5-8(12-9(6)10)7-3-2-4-11-7/h2-4,8H,1,5H2. The summed E-state index contributed by atoms with van der Waals surface area (Å²) in [6.07, 6.45) is 1.83. The van der Waals surface area contributed by atoms with Crippen LogP contribution in [0, 0.1) is 0 Å². The summed E-state index contributed by atoms with van der Waals surface area (Å²) in [6.45, 7) is 3.58. The minimum absolute atomic E-state index is 0.264. The summed E-state index contributed by atoms with van der Waals surface area (Å²) in [6, 6.07) is 3.56. The van der Waals surface area contributed by atoms with Crippen LogP contribution >= 0.6 is 0 Å². The quantitative estimate of drug-likeness (QED) is 0.469. The molecule has 1 unspecified atom stereocenters. The van der Waals surface area contributed by atoms with Gasteiger partial charge in [0.1, 0.15) is 5.76 Å². The van der Waals surface area contributed by atoms with Gasteiger partial charge in [0.25, 0.3) is 0 Å². The van der Waals surface area contributed by atoms with Gasteiger partial charge in [-0.2, -0.15) is 0 Å². The molecule has 12 heavy (non-hydrogen) atoms. The first-order chi connectivity index (χ1) is 5.77. The molecular formula is C9H8O3. The molecular weight excluding hydrogens is 156 g/mol. The van der Waals surface area contributed by atoms with Crippen LogP contribution in [0.1, 0.15) is 18.3 Å². The van der Waals surface area contributed by atoms with Crippen LogP contribution in [0.2, 0.25) is 0 Å². The van der Waals surface area contributed by atoms with E-state index in [1.807, 2.05) is 0 Å². The predicted octanol–water partition coefficient (Wildman–Crippen LogP) is 1.82. The molecule has 1 saturated heterocycles. The topological polar surface area (TPSA) is 39.4 Å². The van der Waals surface area contributed by atoms with Gasteiger partial charge in [0, 0.05) is 12.0 Å². The molecule has 0 radical (unpaired) electrons. The fourth-order valence-electron chi connectivity index (χ4n) is 1.19. The third kappa shape index (κ3) is 1.03. The zero-order valence-corrected chi connectivity index (χ0v) is 6.45. The average molecular weight is 164 g/mol. The minimum atomic E-state index is -0.323. The van der Waals surface area contributed by atoms with Crippen molar-refractivity contribution in [2.45, 2.75) is 12.5 Å². The number of hydrogen-bond acceptors (Lipinski definition) is 3. The SMILES string of the molecule is C=C1CC(c2ccco2)OC1=O. The molecule has 1 aromatic rings. The van der Waals surface area contributed by atoms with Crippen molar-refractivity contribution in [3.05, 3.63) is 36.3 Å². The van der Waals surface area contributed by atoms with E-state index < -0.39 is 0 Å². The molecule has 0 N–H and O–H groups in total. The lowest BCUT2D eigenvalue weighted by Gasteiger charge is -2.02. The van der Waals surface area contributed by atoms with E-state index in [1.54, 1.807) is 18.4 Å². The zero-order chi connectivity index (χ0) is 8.55. The molecule has 3 nitrogen and oxygen atoms in total. The summed E-state index contributed by atoms with van der Waals surface area (Å²) in [5, 5.41) is 0. The van der Waals surface area contributed by atoms with Crippen LogP contribution in [0.15, 0.2) is 35.0 Å². The normalized spacial score (nSPS) is 22.8. The van der Waals surface area contributed by atoms with Gasteiger partial charge in [0.2, 0.25) is 0 Å². The Morgan fingerprint density at radius 2 is 2.42 bits per heavy atom. The van der Waals surface area contributed by atoms with Crippen LogP contribution in [0.4, 0.5) is 0 Å². The van der Waals surface area contributed by atoms with E-state index in [9.17, 15) is 4.79 Å². The van der Waals surface area contributed by atoms with Crippen molar-refractivity contribution in [2.75, 3.05) is 0 Å². The second-order valence-corrected chi connectivity index (χ2v) is 2.72. The van der Waals surface area contributed by atoms with Crippen molar-refractivity contribution in [2.24, 2.45) is 0 Å². The Morgan fingerprint density at radius 3 is 2.92 bits per heavy atom. The van der Waals surface area contributed by atoms with Crippen molar-refractivity contribution in [3.8, 4) is 0 Å². The van der Waals surface area contributed by atoms with E-state index in [-0.39, 0.29) is 12.1 Å². The maximum atomic E-state index is 10.9. The highest BCUT2D eigenvalue weighted by atomic mass is 16.6. The number of cyclic esters (lactones) is 1. The molecule has 62 valence electrons. The van der Waals surface area contributed by atoms with Crippen molar-refractivity contribution in [3.63, 3.8) is 0 Å². The van der Waals surface area contributed by atoms with Crippen molar-refractivity contribution >= 4 is 5.97 Å². The molecule has 1 aliphatic rings. The summed E-state index contributed by atoms with van der Waals surface area (Å²) in [7, 11) is 0. The molecule has 1 aliphatic heterocycles. The van der Waals surface area contributed by atoms with E-state index in [1.165, 1.54) is 0 Å². The molecule has 1 atom stereocenters. The summed E-state index contributed by atoms with van der Waals surface area (Å²) < 4.78 is 10.1. The third-order valence-electron chi connectivity index (χ3n) is 1.83. The van der Waals surface area contributed by atoms with E-state index in [0.717, 1.165) is 0 Å². The molecule has 0 aliphatic carbocycles. The summed E-state index contributed by atoms with van der Waals surface area (Å²) in [5.41, 5.74) is 0.511. The van der Waals surface area contributed by atoms with Gasteiger partial charge >= 0.3 is 5.97 Å². The van der Waals surface area contributed by atoms with E-state index in [2.05, 4.69) is 6.58 Å². The van der Waals surface area contributed by atoms with Gasteiger partial charge in [-0.1, -0.05) is 6.58 Å². The highest BCUT2D eigenvalue weighted by molar-refractivity contribution is 5.89. The third-order valence-corrected chi connectivity index (χ3v) is 1.83. The van der Waals surface area contributed by atoms with E-state index in [0.29, 0.717) is 17.8 Å².